The van der Waals surface area contributed by atoms with Crippen molar-refractivity contribution in [3.63, 3.8) is 0 Å². The average Bonchev–Trinajstić information content (AvgIpc) is 3.21. The maximum absolute atomic E-state index is 13.2. The lowest BCUT2D eigenvalue weighted by molar-refractivity contribution is -0.116. The van der Waals surface area contributed by atoms with E-state index in [1.165, 1.54) is 33.4 Å². The maximum Gasteiger partial charge on any atom is 0.271 e. The number of anilines is 1. The van der Waals surface area contributed by atoms with Crippen LogP contribution < -0.4 is 10.9 Å². The van der Waals surface area contributed by atoms with E-state index in [1.807, 2.05) is 36.4 Å². The first-order valence-corrected chi connectivity index (χ1v) is 12.4. The minimum Gasteiger partial charge on any atom is -0.325 e. The second-order valence-corrected chi connectivity index (χ2v) is 10.1. The van der Waals surface area contributed by atoms with Crippen molar-refractivity contribution < 1.29 is 4.79 Å². The molecule has 0 aliphatic carbocycles. The molecule has 0 bridgehead atoms. The SMILES string of the molecule is Cc1ccc(-c2ccc3c(n2)sc2c(=O)n(CC(=O)Nc4cccc(C(C)C)c4)cnc23)cc1C. The number of carbonyl (C=O) groups is 1. The normalized spacial score (nSPS) is 11.5. The molecule has 7 heteroatoms. The summed E-state index contributed by atoms with van der Waals surface area (Å²) >= 11 is 1.32. The van der Waals surface area contributed by atoms with Crippen molar-refractivity contribution in [3.05, 3.63) is 88.0 Å². The second-order valence-electron chi connectivity index (χ2n) is 9.13. The number of aromatic nitrogens is 3. The lowest BCUT2D eigenvalue weighted by Gasteiger charge is -2.10. The predicted molar refractivity (Wildman–Crippen MR) is 143 cm³/mol. The molecule has 0 spiro atoms. The van der Waals surface area contributed by atoms with Crippen molar-refractivity contribution in [3.8, 4) is 11.3 Å². The number of hydrogen-bond donors (Lipinski definition) is 1. The first kappa shape index (κ1) is 22.9. The fourth-order valence-electron chi connectivity index (χ4n) is 4.05. The molecule has 0 aliphatic rings. The molecule has 0 aliphatic heterocycles. The maximum atomic E-state index is 13.2. The van der Waals surface area contributed by atoms with Gasteiger partial charge in [-0.3, -0.25) is 14.2 Å². The van der Waals surface area contributed by atoms with Crippen LogP contribution in [0.5, 0.6) is 0 Å². The summed E-state index contributed by atoms with van der Waals surface area (Å²) in [4.78, 5) is 35.9. The zero-order valence-electron chi connectivity index (χ0n) is 20.1. The molecule has 0 atom stereocenters. The third kappa shape index (κ3) is 4.47. The van der Waals surface area contributed by atoms with Crippen molar-refractivity contribution in [2.75, 3.05) is 5.32 Å². The number of hydrogen-bond acceptors (Lipinski definition) is 5. The van der Waals surface area contributed by atoms with Gasteiger partial charge in [0.05, 0.1) is 17.5 Å². The Balaban J connectivity index is 1.44. The third-order valence-electron chi connectivity index (χ3n) is 6.26. The average molecular weight is 483 g/mol. The van der Waals surface area contributed by atoms with Gasteiger partial charge in [-0.1, -0.05) is 38.1 Å². The van der Waals surface area contributed by atoms with Crippen LogP contribution in [0.3, 0.4) is 0 Å². The summed E-state index contributed by atoms with van der Waals surface area (Å²) in [5, 5.41) is 3.73. The van der Waals surface area contributed by atoms with E-state index in [2.05, 4.69) is 56.2 Å². The van der Waals surface area contributed by atoms with Crippen LogP contribution in [0.4, 0.5) is 5.69 Å². The van der Waals surface area contributed by atoms with Gasteiger partial charge in [-0.25, -0.2) is 9.97 Å². The summed E-state index contributed by atoms with van der Waals surface area (Å²) < 4.78 is 1.85. The second kappa shape index (κ2) is 9.07. The van der Waals surface area contributed by atoms with E-state index in [4.69, 9.17) is 4.98 Å². The number of amides is 1. The zero-order chi connectivity index (χ0) is 24.7. The van der Waals surface area contributed by atoms with Crippen molar-refractivity contribution in [1.29, 1.82) is 0 Å². The van der Waals surface area contributed by atoms with Gasteiger partial charge in [-0.2, -0.15) is 0 Å². The highest BCUT2D eigenvalue weighted by Crippen LogP contribution is 2.31. The largest absolute Gasteiger partial charge is 0.325 e. The number of pyridine rings is 1. The van der Waals surface area contributed by atoms with E-state index in [0.29, 0.717) is 21.8 Å². The first-order chi connectivity index (χ1) is 16.8. The van der Waals surface area contributed by atoms with Gasteiger partial charge in [-0.15, -0.1) is 11.3 Å². The quantitative estimate of drug-likeness (QED) is 0.331. The smallest absolute Gasteiger partial charge is 0.271 e. The zero-order valence-corrected chi connectivity index (χ0v) is 20.9. The number of rotatable bonds is 5. The van der Waals surface area contributed by atoms with Crippen LogP contribution in [0.15, 0.2) is 65.7 Å². The molecule has 2 aromatic carbocycles. The Morgan fingerprint density at radius 2 is 1.89 bits per heavy atom. The van der Waals surface area contributed by atoms with Gasteiger partial charge in [0.25, 0.3) is 5.56 Å². The van der Waals surface area contributed by atoms with Gasteiger partial charge in [0, 0.05) is 16.6 Å². The van der Waals surface area contributed by atoms with Crippen LogP contribution in [0.25, 0.3) is 31.7 Å². The third-order valence-corrected chi connectivity index (χ3v) is 7.34. The minimum absolute atomic E-state index is 0.108. The van der Waals surface area contributed by atoms with Gasteiger partial charge < -0.3 is 5.32 Å². The topological polar surface area (TPSA) is 76.9 Å². The fraction of sp³-hybridized carbons (Fsp3) is 0.214. The lowest BCUT2D eigenvalue weighted by Crippen LogP contribution is -2.27. The lowest BCUT2D eigenvalue weighted by atomic mass is 10.0. The van der Waals surface area contributed by atoms with Crippen molar-refractivity contribution in [1.82, 2.24) is 14.5 Å². The predicted octanol–water partition coefficient (Wildman–Crippen LogP) is 6.05. The number of fused-ring (bicyclic) bond motifs is 3. The van der Waals surface area contributed by atoms with Gasteiger partial charge in [-0.05, 0) is 66.8 Å². The molecule has 5 rings (SSSR count). The molecule has 0 saturated carbocycles. The molecule has 1 amide bonds. The van der Waals surface area contributed by atoms with E-state index >= 15 is 0 Å². The number of aryl methyl sites for hydroxylation is 2. The minimum atomic E-state index is -0.273. The van der Waals surface area contributed by atoms with E-state index in [0.717, 1.165) is 27.0 Å². The summed E-state index contributed by atoms with van der Waals surface area (Å²) in [7, 11) is 0. The summed E-state index contributed by atoms with van der Waals surface area (Å²) in [6.07, 6.45) is 1.44. The van der Waals surface area contributed by atoms with Gasteiger partial charge in [0.15, 0.2) is 0 Å². The van der Waals surface area contributed by atoms with Gasteiger partial charge >= 0.3 is 0 Å². The van der Waals surface area contributed by atoms with Crippen LogP contribution in [0, 0.1) is 13.8 Å². The summed E-state index contributed by atoms with van der Waals surface area (Å²) in [6.45, 7) is 8.27. The van der Waals surface area contributed by atoms with Gasteiger partial charge in [0.1, 0.15) is 16.1 Å². The van der Waals surface area contributed by atoms with E-state index < -0.39 is 0 Å². The Morgan fingerprint density at radius 1 is 1.06 bits per heavy atom. The number of carbonyl (C=O) groups excluding carboxylic acids is 1. The Labute approximate surface area is 207 Å². The summed E-state index contributed by atoms with van der Waals surface area (Å²) in [6, 6.07) is 18.0. The molecule has 0 unspecified atom stereocenters. The standard InChI is InChI=1S/C28H26N4O2S/c1-16(2)19-6-5-7-21(13-19)30-24(33)14-32-15-29-25-22-10-11-23(20-9-8-17(3)18(4)12-20)31-27(22)35-26(25)28(32)34/h5-13,15-16H,14H2,1-4H3,(H,30,33). The van der Waals surface area contributed by atoms with Crippen molar-refractivity contribution in [2.45, 2.75) is 40.2 Å². The van der Waals surface area contributed by atoms with E-state index in [1.54, 1.807) is 0 Å². The number of nitrogens with zero attached hydrogens (tertiary/aromatic N) is 3. The molecule has 5 aromatic rings. The Hall–Kier alpha value is -3.84. The van der Waals surface area contributed by atoms with E-state index in [9.17, 15) is 9.59 Å². The molecule has 1 N–H and O–H groups in total. The molecule has 176 valence electrons. The highest BCUT2D eigenvalue weighted by Gasteiger charge is 2.15. The van der Waals surface area contributed by atoms with Crippen LogP contribution in [0.1, 0.15) is 36.5 Å². The van der Waals surface area contributed by atoms with Crippen LogP contribution in [0.2, 0.25) is 0 Å². The van der Waals surface area contributed by atoms with Crippen molar-refractivity contribution >= 4 is 43.4 Å². The fourth-order valence-corrected chi connectivity index (χ4v) is 5.13. The number of benzene rings is 2. The van der Waals surface area contributed by atoms with Crippen molar-refractivity contribution in [2.24, 2.45) is 0 Å². The highest BCUT2D eigenvalue weighted by molar-refractivity contribution is 7.25. The molecule has 0 fully saturated rings. The highest BCUT2D eigenvalue weighted by atomic mass is 32.1. The summed E-state index contributed by atoms with van der Waals surface area (Å²) in [5.41, 5.74) is 6.57. The van der Waals surface area contributed by atoms with Gasteiger partial charge in [0.2, 0.25) is 5.91 Å². The number of thiophene rings is 1. The Bertz CT molecular complexity index is 1650. The van der Waals surface area contributed by atoms with Crippen LogP contribution in [-0.4, -0.2) is 20.4 Å². The number of nitrogens with one attached hydrogen (secondary N) is 1. The molecular weight excluding hydrogens is 456 g/mol. The molecule has 3 heterocycles. The first-order valence-electron chi connectivity index (χ1n) is 11.6. The Kier molecular flexibility index (Phi) is 5.94. The van der Waals surface area contributed by atoms with E-state index in [-0.39, 0.29) is 18.0 Å². The molecular formula is C28H26N4O2S. The Morgan fingerprint density at radius 3 is 2.66 bits per heavy atom. The molecule has 0 radical (unpaired) electrons. The van der Waals surface area contributed by atoms with Crippen LogP contribution in [-0.2, 0) is 11.3 Å². The summed E-state index contributed by atoms with van der Waals surface area (Å²) in [5.74, 6) is 0.0867. The van der Waals surface area contributed by atoms with Crippen LogP contribution >= 0.6 is 11.3 Å². The molecule has 3 aromatic heterocycles. The molecule has 35 heavy (non-hydrogen) atoms. The monoisotopic (exact) mass is 482 g/mol. The molecule has 0 saturated heterocycles. The molecule has 6 nitrogen and oxygen atoms in total.